The molecule has 0 spiro atoms. The van der Waals surface area contributed by atoms with Crippen molar-refractivity contribution in [3.05, 3.63) is 53.8 Å². The van der Waals surface area contributed by atoms with E-state index >= 15 is 0 Å². The summed E-state index contributed by atoms with van der Waals surface area (Å²) in [7, 11) is 2.02. The molecule has 6 rings (SSSR count). The van der Waals surface area contributed by atoms with Gasteiger partial charge in [-0.3, -0.25) is 0 Å². The first-order valence-electron chi connectivity index (χ1n) is 10.6. The van der Waals surface area contributed by atoms with E-state index in [1.165, 1.54) is 11.9 Å². The number of nitrogens with zero attached hydrogens (tertiary/aromatic N) is 5. The van der Waals surface area contributed by atoms with Gasteiger partial charge in [-0.1, -0.05) is 17.7 Å². The zero-order valence-corrected chi connectivity index (χ0v) is 18.5. The summed E-state index contributed by atoms with van der Waals surface area (Å²) in [5.41, 5.74) is 4.28. The number of halogens is 1. The smallest absolute Gasteiger partial charge is 0.163 e. The van der Waals surface area contributed by atoms with Crippen LogP contribution in [0.3, 0.4) is 0 Å². The monoisotopic (exact) mass is 437 g/mol. The fraction of sp³-hybridized carbons (Fsp3) is 0.435. The third kappa shape index (κ3) is 3.06. The SMILES string of the molecule is Cn1cnc2cc(C[C@H]3C[C@@H](n4ccc5c(Cl)ncnc54)[C@@H]4OC(C)(C)O[C@H]34)ccc21. The Balaban J connectivity index is 1.35. The summed E-state index contributed by atoms with van der Waals surface area (Å²) in [6.07, 6.45) is 7.26. The molecule has 0 unspecified atom stereocenters. The van der Waals surface area contributed by atoms with E-state index in [0.29, 0.717) is 11.1 Å². The van der Waals surface area contributed by atoms with Gasteiger partial charge in [0.25, 0.3) is 0 Å². The zero-order chi connectivity index (χ0) is 21.3. The Morgan fingerprint density at radius 3 is 2.84 bits per heavy atom. The first-order valence-corrected chi connectivity index (χ1v) is 11.0. The highest BCUT2D eigenvalue weighted by molar-refractivity contribution is 6.33. The van der Waals surface area contributed by atoms with Crippen LogP contribution in [0, 0.1) is 5.92 Å². The lowest BCUT2D eigenvalue weighted by molar-refractivity contribution is -0.160. The maximum atomic E-state index is 6.40. The lowest BCUT2D eigenvalue weighted by atomic mass is 9.95. The highest BCUT2D eigenvalue weighted by Gasteiger charge is 2.54. The molecular weight excluding hydrogens is 414 g/mol. The van der Waals surface area contributed by atoms with Crippen molar-refractivity contribution in [3.8, 4) is 0 Å². The first-order chi connectivity index (χ1) is 14.9. The number of aryl methyl sites for hydroxylation is 1. The van der Waals surface area contributed by atoms with Crippen LogP contribution in [0.1, 0.15) is 31.9 Å². The number of hydrogen-bond acceptors (Lipinski definition) is 5. The highest BCUT2D eigenvalue weighted by Crippen LogP contribution is 2.48. The molecule has 4 aromatic rings. The molecule has 0 radical (unpaired) electrons. The Kier molecular flexibility index (Phi) is 4.19. The predicted molar refractivity (Wildman–Crippen MR) is 118 cm³/mol. The molecule has 160 valence electrons. The van der Waals surface area contributed by atoms with Gasteiger partial charge in [0.05, 0.1) is 34.9 Å². The van der Waals surface area contributed by atoms with Crippen LogP contribution in [0.15, 0.2) is 43.1 Å². The molecule has 2 aliphatic rings. The predicted octanol–water partition coefficient (Wildman–Crippen LogP) is 4.30. The molecule has 0 amide bonds. The molecule has 1 aromatic carbocycles. The number of benzene rings is 1. The molecule has 1 saturated carbocycles. The van der Waals surface area contributed by atoms with Crippen LogP contribution in [-0.4, -0.2) is 42.1 Å². The minimum atomic E-state index is -0.604. The van der Waals surface area contributed by atoms with Crippen LogP contribution in [0.25, 0.3) is 22.1 Å². The summed E-state index contributed by atoms with van der Waals surface area (Å²) < 4.78 is 17.0. The number of ether oxygens (including phenoxy) is 2. The van der Waals surface area contributed by atoms with Gasteiger partial charge < -0.3 is 18.6 Å². The minimum Gasteiger partial charge on any atom is -0.344 e. The van der Waals surface area contributed by atoms with Gasteiger partial charge in [0.15, 0.2) is 5.79 Å². The summed E-state index contributed by atoms with van der Waals surface area (Å²) in [5.74, 6) is -0.278. The van der Waals surface area contributed by atoms with E-state index in [2.05, 4.69) is 37.7 Å². The molecule has 1 aliphatic heterocycles. The van der Waals surface area contributed by atoms with Crippen molar-refractivity contribution < 1.29 is 9.47 Å². The Labute approximate surface area is 185 Å². The number of rotatable bonds is 3. The van der Waals surface area contributed by atoms with E-state index in [4.69, 9.17) is 21.1 Å². The van der Waals surface area contributed by atoms with Crippen molar-refractivity contribution in [1.29, 1.82) is 0 Å². The second kappa shape index (κ2) is 6.76. The Bertz CT molecular complexity index is 1300. The van der Waals surface area contributed by atoms with Crippen LogP contribution in [0.2, 0.25) is 5.15 Å². The molecule has 4 atom stereocenters. The van der Waals surface area contributed by atoms with Crippen LogP contribution in [-0.2, 0) is 22.9 Å². The Morgan fingerprint density at radius 2 is 1.97 bits per heavy atom. The van der Waals surface area contributed by atoms with Gasteiger partial charge in [-0.25, -0.2) is 15.0 Å². The van der Waals surface area contributed by atoms with E-state index < -0.39 is 5.79 Å². The van der Waals surface area contributed by atoms with Crippen molar-refractivity contribution in [2.24, 2.45) is 13.0 Å². The van der Waals surface area contributed by atoms with Gasteiger partial charge in [-0.05, 0) is 56.4 Å². The minimum absolute atomic E-state index is 0.0224. The molecule has 4 heterocycles. The topological polar surface area (TPSA) is 67.0 Å². The third-order valence-electron chi connectivity index (χ3n) is 6.66. The number of fused-ring (bicyclic) bond motifs is 3. The molecule has 1 aliphatic carbocycles. The lowest BCUT2D eigenvalue weighted by Crippen LogP contribution is -2.27. The summed E-state index contributed by atoms with van der Waals surface area (Å²) in [6, 6.07) is 8.65. The van der Waals surface area contributed by atoms with E-state index in [9.17, 15) is 0 Å². The fourth-order valence-electron chi connectivity index (χ4n) is 5.35. The molecule has 31 heavy (non-hydrogen) atoms. The van der Waals surface area contributed by atoms with Gasteiger partial charge in [0, 0.05) is 13.2 Å². The van der Waals surface area contributed by atoms with Crippen molar-refractivity contribution in [2.45, 2.75) is 50.7 Å². The molecule has 3 aromatic heterocycles. The number of aromatic nitrogens is 5. The average molecular weight is 438 g/mol. The van der Waals surface area contributed by atoms with Crippen molar-refractivity contribution >= 4 is 33.7 Å². The fourth-order valence-corrected chi connectivity index (χ4v) is 5.54. The molecule has 0 N–H and O–H groups in total. The van der Waals surface area contributed by atoms with Crippen LogP contribution in [0.4, 0.5) is 0 Å². The summed E-state index contributed by atoms with van der Waals surface area (Å²) >= 11 is 6.29. The average Bonchev–Trinajstić information content (AvgIpc) is 3.46. The maximum absolute atomic E-state index is 6.40. The third-order valence-corrected chi connectivity index (χ3v) is 6.96. The quantitative estimate of drug-likeness (QED) is 0.447. The molecule has 7 nitrogen and oxygen atoms in total. The molecule has 2 fully saturated rings. The first kappa shape index (κ1) is 19.2. The zero-order valence-electron chi connectivity index (χ0n) is 17.7. The molecule has 0 bridgehead atoms. The second-order valence-corrected chi connectivity index (χ2v) is 9.49. The molecule has 8 heteroatoms. The number of hydrogen-bond donors (Lipinski definition) is 0. The largest absolute Gasteiger partial charge is 0.344 e. The van der Waals surface area contributed by atoms with Gasteiger partial charge >= 0.3 is 0 Å². The van der Waals surface area contributed by atoms with Crippen LogP contribution >= 0.6 is 11.6 Å². The van der Waals surface area contributed by atoms with E-state index in [0.717, 1.165) is 34.9 Å². The normalized spacial score (nSPS) is 27.4. The van der Waals surface area contributed by atoms with E-state index in [1.54, 1.807) is 0 Å². The van der Waals surface area contributed by atoms with Gasteiger partial charge in [0.2, 0.25) is 0 Å². The second-order valence-electron chi connectivity index (χ2n) is 9.14. The summed E-state index contributed by atoms with van der Waals surface area (Å²) in [6.45, 7) is 3.98. The van der Waals surface area contributed by atoms with E-state index in [1.807, 2.05) is 44.1 Å². The maximum Gasteiger partial charge on any atom is 0.163 e. The van der Waals surface area contributed by atoms with Crippen molar-refractivity contribution in [3.63, 3.8) is 0 Å². The van der Waals surface area contributed by atoms with Crippen molar-refractivity contribution in [2.75, 3.05) is 0 Å². The van der Waals surface area contributed by atoms with Gasteiger partial charge in [-0.15, -0.1) is 0 Å². The molecule has 1 saturated heterocycles. The standard InChI is InChI=1S/C23H24ClN5O2/c1-23(2)30-19-14(8-13-4-5-17-16(9-13)27-12-28(17)3)10-18(20(19)31-23)29-7-6-15-21(24)25-11-26-22(15)29/h4-7,9,11-12,14,18-20H,8,10H2,1-3H3/t14-,18+,19+,20-/m0/s1. The van der Waals surface area contributed by atoms with Crippen LogP contribution < -0.4 is 0 Å². The number of imidazole rings is 1. The van der Waals surface area contributed by atoms with Gasteiger partial charge in [-0.2, -0.15) is 0 Å². The Morgan fingerprint density at radius 1 is 1.13 bits per heavy atom. The van der Waals surface area contributed by atoms with Crippen molar-refractivity contribution in [1.82, 2.24) is 24.1 Å². The summed E-state index contributed by atoms with van der Waals surface area (Å²) in [5, 5.41) is 1.34. The Hall–Kier alpha value is -2.48. The van der Waals surface area contributed by atoms with E-state index in [-0.39, 0.29) is 18.2 Å². The lowest BCUT2D eigenvalue weighted by Gasteiger charge is -2.24. The summed E-state index contributed by atoms with van der Waals surface area (Å²) in [4.78, 5) is 13.1. The molecular formula is C23H24ClN5O2. The van der Waals surface area contributed by atoms with Crippen LogP contribution in [0.5, 0.6) is 0 Å². The highest BCUT2D eigenvalue weighted by atomic mass is 35.5. The van der Waals surface area contributed by atoms with Gasteiger partial charge in [0.1, 0.15) is 23.2 Å².